The van der Waals surface area contributed by atoms with Crippen LogP contribution in [0, 0.1) is 0 Å². The summed E-state index contributed by atoms with van der Waals surface area (Å²) in [5, 5.41) is 0. The Morgan fingerprint density at radius 1 is 1.15 bits per heavy atom. The molecule has 1 rings (SSSR count). The molecule has 0 saturated carbocycles. The van der Waals surface area contributed by atoms with E-state index < -0.39 is 0 Å². The van der Waals surface area contributed by atoms with Gasteiger partial charge in [-0.3, -0.25) is 9.69 Å². The smallest absolute Gasteiger partial charge is 0.315 e. The summed E-state index contributed by atoms with van der Waals surface area (Å²) in [7, 11) is 0. The summed E-state index contributed by atoms with van der Waals surface area (Å²) in [5.74, 6) is -0.0553. The number of hydrogen-bond acceptors (Lipinski definition) is 2. The molecule has 0 aromatic heterocycles. The Balaban J connectivity index is 2.58. The number of urea groups is 1. The minimum absolute atomic E-state index is 0.0553. The average molecular weight is 184 g/mol. The molecule has 1 fully saturated rings. The molecule has 4 nitrogen and oxygen atoms in total. The summed E-state index contributed by atoms with van der Waals surface area (Å²) in [4.78, 5) is 25.8. The molecule has 3 amide bonds. The van der Waals surface area contributed by atoms with Crippen molar-refractivity contribution in [1.82, 2.24) is 9.80 Å². The molecule has 0 N–H and O–H groups in total. The molecule has 0 unspecified atom stereocenters. The molecule has 1 aliphatic heterocycles. The molecule has 13 heavy (non-hydrogen) atoms. The van der Waals surface area contributed by atoms with Gasteiger partial charge in [0.1, 0.15) is 6.54 Å². The molecule has 0 aliphatic carbocycles. The zero-order chi connectivity index (χ0) is 9.84. The maximum Gasteiger partial charge on any atom is 0.327 e. The molecule has 0 aromatic carbocycles. The standard InChI is InChI=1S/C9H16N2O2/c1-3-5-10-7-8(12)11(6-4-2)9(10)13/h3-7H2,1-2H3. The van der Waals surface area contributed by atoms with Crippen LogP contribution in [0.3, 0.4) is 0 Å². The van der Waals surface area contributed by atoms with Gasteiger partial charge >= 0.3 is 6.03 Å². The molecule has 0 aromatic rings. The van der Waals surface area contributed by atoms with Crippen molar-refractivity contribution in [2.45, 2.75) is 26.7 Å². The summed E-state index contributed by atoms with van der Waals surface area (Å²) in [6.07, 6.45) is 1.73. The first kappa shape index (κ1) is 10.0. The van der Waals surface area contributed by atoms with E-state index in [0.717, 1.165) is 12.8 Å². The van der Waals surface area contributed by atoms with Crippen LogP contribution in [0.4, 0.5) is 4.79 Å². The first-order valence-corrected chi connectivity index (χ1v) is 4.80. The van der Waals surface area contributed by atoms with E-state index in [1.54, 1.807) is 4.90 Å². The number of carbonyl (C=O) groups excluding carboxylic acids is 2. The first-order valence-electron chi connectivity index (χ1n) is 4.80. The zero-order valence-electron chi connectivity index (χ0n) is 8.25. The highest BCUT2D eigenvalue weighted by Gasteiger charge is 2.34. The van der Waals surface area contributed by atoms with Crippen LogP contribution < -0.4 is 0 Å². The maximum absolute atomic E-state index is 11.5. The summed E-state index contributed by atoms with van der Waals surface area (Å²) < 4.78 is 0. The van der Waals surface area contributed by atoms with Crippen LogP contribution in [0.15, 0.2) is 0 Å². The minimum Gasteiger partial charge on any atom is -0.315 e. The van der Waals surface area contributed by atoms with Crippen molar-refractivity contribution < 1.29 is 9.59 Å². The number of rotatable bonds is 4. The van der Waals surface area contributed by atoms with Crippen LogP contribution in [0.2, 0.25) is 0 Å². The molecule has 1 aliphatic rings. The predicted octanol–water partition coefficient (Wildman–Crippen LogP) is 1.07. The Morgan fingerprint density at radius 3 is 2.31 bits per heavy atom. The van der Waals surface area contributed by atoms with Crippen LogP contribution >= 0.6 is 0 Å². The molecule has 0 atom stereocenters. The average Bonchev–Trinajstić information content (AvgIpc) is 2.34. The number of amides is 3. The molecule has 1 saturated heterocycles. The highest BCUT2D eigenvalue weighted by Crippen LogP contribution is 2.10. The Labute approximate surface area is 78.5 Å². The Bertz CT molecular complexity index is 216. The fraction of sp³-hybridized carbons (Fsp3) is 0.778. The summed E-state index contributed by atoms with van der Waals surface area (Å²) in [6.45, 7) is 5.47. The van der Waals surface area contributed by atoms with Gasteiger partial charge in [0, 0.05) is 13.1 Å². The SMILES string of the molecule is CCCN1CC(=O)N(CCC)C1=O. The van der Waals surface area contributed by atoms with Gasteiger partial charge in [-0.2, -0.15) is 0 Å². The molecule has 0 radical (unpaired) electrons. The fourth-order valence-corrected chi connectivity index (χ4v) is 1.48. The van der Waals surface area contributed by atoms with Crippen LogP contribution in [0.1, 0.15) is 26.7 Å². The van der Waals surface area contributed by atoms with Gasteiger partial charge in [-0.05, 0) is 12.8 Å². The summed E-state index contributed by atoms with van der Waals surface area (Å²) >= 11 is 0. The molecule has 74 valence electrons. The third-order valence-corrected chi connectivity index (χ3v) is 2.07. The van der Waals surface area contributed by atoms with E-state index in [4.69, 9.17) is 0 Å². The normalized spacial score (nSPS) is 17.4. The van der Waals surface area contributed by atoms with Gasteiger partial charge in [-0.15, -0.1) is 0 Å². The molecule has 1 heterocycles. The third kappa shape index (κ3) is 1.99. The lowest BCUT2D eigenvalue weighted by Gasteiger charge is -2.15. The van der Waals surface area contributed by atoms with E-state index in [0.29, 0.717) is 13.1 Å². The summed E-state index contributed by atoms with van der Waals surface area (Å²) in [5.41, 5.74) is 0. The lowest BCUT2D eigenvalue weighted by atomic mass is 10.4. The second-order valence-corrected chi connectivity index (χ2v) is 3.25. The van der Waals surface area contributed by atoms with E-state index in [1.807, 2.05) is 13.8 Å². The van der Waals surface area contributed by atoms with Crippen molar-refractivity contribution in [1.29, 1.82) is 0 Å². The number of nitrogens with zero attached hydrogens (tertiary/aromatic N) is 2. The van der Waals surface area contributed by atoms with Crippen molar-refractivity contribution >= 4 is 11.9 Å². The molecular weight excluding hydrogens is 168 g/mol. The Kier molecular flexibility index (Phi) is 3.28. The number of imide groups is 1. The van der Waals surface area contributed by atoms with Crippen LogP contribution in [-0.4, -0.2) is 41.4 Å². The van der Waals surface area contributed by atoms with Gasteiger partial charge in [0.15, 0.2) is 0 Å². The molecule has 0 bridgehead atoms. The second-order valence-electron chi connectivity index (χ2n) is 3.25. The number of hydrogen-bond donors (Lipinski definition) is 0. The molecule has 4 heteroatoms. The molecule has 0 spiro atoms. The quantitative estimate of drug-likeness (QED) is 0.613. The van der Waals surface area contributed by atoms with Crippen molar-refractivity contribution in [2.24, 2.45) is 0 Å². The highest BCUT2D eigenvalue weighted by atomic mass is 16.2. The predicted molar refractivity (Wildman–Crippen MR) is 49.3 cm³/mol. The van der Waals surface area contributed by atoms with E-state index in [-0.39, 0.29) is 18.5 Å². The van der Waals surface area contributed by atoms with Gasteiger partial charge in [-0.25, -0.2) is 4.79 Å². The fourth-order valence-electron chi connectivity index (χ4n) is 1.48. The van der Waals surface area contributed by atoms with E-state index in [9.17, 15) is 9.59 Å². The Morgan fingerprint density at radius 2 is 1.77 bits per heavy atom. The lowest BCUT2D eigenvalue weighted by Crippen LogP contribution is -2.33. The van der Waals surface area contributed by atoms with Crippen LogP contribution in [-0.2, 0) is 4.79 Å². The van der Waals surface area contributed by atoms with E-state index in [1.165, 1.54) is 4.90 Å². The largest absolute Gasteiger partial charge is 0.327 e. The lowest BCUT2D eigenvalue weighted by molar-refractivity contribution is -0.125. The van der Waals surface area contributed by atoms with Gasteiger partial charge in [0.2, 0.25) is 5.91 Å². The zero-order valence-corrected chi connectivity index (χ0v) is 8.25. The van der Waals surface area contributed by atoms with Crippen molar-refractivity contribution in [3.05, 3.63) is 0 Å². The minimum atomic E-state index is -0.117. The third-order valence-electron chi connectivity index (χ3n) is 2.07. The summed E-state index contributed by atoms with van der Waals surface area (Å²) in [6, 6.07) is -0.117. The van der Waals surface area contributed by atoms with E-state index in [2.05, 4.69) is 0 Å². The Hall–Kier alpha value is -1.06. The van der Waals surface area contributed by atoms with E-state index >= 15 is 0 Å². The topological polar surface area (TPSA) is 40.6 Å². The van der Waals surface area contributed by atoms with Crippen molar-refractivity contribution in [2.75, 3.05) is 19.6 Å². The van der Waals surface area contributed by atoms with Gasteiger partial charge in [0.25, 0.3) is 0 Å². The van der Waals surface area contributed by atoms with Crippen LogP contribution in [0.25, 0.3) is 0 Å². The van der Waals surface area contributed by atoms with Crippen molar-refractivity contribution in [3.63, 3.8) is 0 Å². The van der Waals surface area contributed by atoms with Gasteiger partial charge in [-0.1, -0.05) is 13.8 Å². The number of carbonyl (C=O) groups is 2. The second kappa shape index (κ2) is 4.25. The van der Waals surface area contributed by atoms with Gasteiger partial charge < -0.3 is 4.90 Å². The highest BCUT2D eigenvalue weighted by molar-refractivity contribution is 6.01. The van der Waals surface area contributed by atoms with Crippen molar-refractivity contribution in [3.8, 4) is 0 Å². The van der Waals surface area contributed by atoms with Crippen LogP contribution in [0.5, 0.6) is 0 Å². The molecular formula is C9H16N2O2. The van der Waals surface area contributed by atoms with Gasteiger partial charge in [0.05, 0.1) is 0 Å². The monoisotopic (exact) mass is 184 g/mol. The first-order chi connectivity index (χ1) is 6.20. The maximum atomic E-state index is 11.5.